The van der Waals surface area contributed by atoms with Crippen LogP contribution in [0.25, 0.3) is 0 Å². The van der Waals surface area contributed by atoms with Crippen LogP contribution in [0.1, 0.15) is 14.3 Å². The van der Waals surface area contributed by atoms with Crippen LogP contribution in [0.15, 0.2) is 30.3 Å². The van der Waals surface area contributed by atoms with Crippen LogP contribution < -0.4 is 0 Å². The molecule has 0 aromatic heterocycles. The Bertz CT molecular complexity index is 318. The largest absolute Gasteiger partial charge is 2.00 e. The Morgan fingerprint density at radius 2 is 1.50 bits per heavy atom. The quantitative estimate of drug-likeness (QED) is 0.566. The Balaban J connectivity index is -0.000000563. The standard InChI is InChI=1S/C9H8O4.Mg.2H/c10-8(11)7(9(12)13)6-4-2-1-3-5-6;;;/h1-5,7H,(H,10,11)(H,12,13);;;/q;+2;2*-1. The number of carboxylic acid groups (broad SMARTS) is 2. The van der Waals surface area contributed by atoms with Crippen LogP contribution in [0.2, 0.25) is 0 Å². The summed E-state index contributed by atoms with van der Waals surface area (Å²) in [5.41, 5.74) is 0.280. The normalized spacial score (nSPS) is 9.21. The number of benzene rings is 1. The predicted octanol–water partition coefficient (Wildman–Crippen LogP) is 0.784. The maximum atomic E-state index is 10.6. The van der Waals surface area contributed by atoms with Gasteiger partial charge in [-0.2, -0.15) is 0 Å². The number of carbonyl (C=O) groups is 2. The third kappa shape index (κ3) is 3.01. The zero-order valence-electron chi connectivity index (χ0n) is 9.38. The molecule has 0 saturated carbocycles. The SMILES string of the molecule is O=C(O)C(C(=O)O)c1ccccc1.[H-].[H-].[Mg+2]. The second kappa shape index (κ2) is 5.61. The third-order valence-electron chi connectivity index (χ3n) is 1.63. The van der Waals surface area contributed by atoms with Gasteiger partial charge in [-0.15, -0.1) is 0 Å². The summed E-state index contributed by atoms with van der Waals surface area (Å²) in [5, 5.41) is 17.2. The van der Waals surface area contributed by atoms with Crippen molar-refractivity contribution in [2.45, 2.75) is 5.92 Å². The average Bonchev–Trinajstić information content (AvgIpc) is 2.04. The number of carboxylic acids is 2. The Morgan fingerprint density at radius 1 is 1.07 bits per heavy atom. The topological polar surface area (TPSA) is 74.6 Å². The van der Waals surface area contributed by atoms with Crippen molar-refractivity contribution < 1.29 is 22.7 Å². The van der Waals surface area contributed by atoms with E-state index in [1.165, 1.54) is 12.1 Å². The van der Waals surface area contributed by atoms with Crippen molar-refractivity contribution in [2.24, 2.45) is 0 Å². The molecule has 1 aromatic rings. The molecule has 0 fully saturated rings. The van der Waals surface area contributed by atoms with E-state index in [2.05, 4.69) is 0 Å². The molecule has 4 nitrogen and oxygen atoms in total. The van der Waals surface area contributed by atoms with Crippen LogP contribution in [0.5, 0.6) is 0 Å². The summed E-state index contributed by atoms with van der Waals surface area (Å²) >= 11 is 0. The second-order valence-electron chi connectivity index (χ2n) is 2.52. The predicted molar refractivity (Wildman–Crippen MR) is 52.4 cm³/mol. The average molecular weight is 206 g/mol. The van der Waals surface area contributed by atoms with E-state index in [0.717, 1.165) is 0 Å². The van der Waals surface area contributed by atoms with Crippen molar-refractivity contribution in [2.75, 3.05) is 0 Å². The first-order valence-corrected chi connectivity index (χ1v) is 3.63. The van der Waals surface area contributed by atoms with E-state index in [0.29, 0.717) is 0 Å². The van der Waals surface area contributed by atoms with Gasteiger partial charge in [0.2, 0.25) is 0 Å². The van der Waals surface area contributed by atoms with Gasteiger partial charge in [-0.1, -0.05) is 30.3 Å². The molecule has 2 N–H and O–H groups in total. The molecule has 0 atom stereocenters. The van der Waals surface area contributed by atoms with E-state index in [1.54, 1.807) is 18.2 Å². The summed E-state index contributed by atoms with van der Waals surface area (Å²) in [6.07, 6.45) is 0. The molecule has 1 rings (SSSR count). The van der Waals surface area contributed by atoms with Gasteiger partial charge in [0.1, 0.15) is 0 Å². The minimum atomic E-state index is -1.47. The Labute approximate surface area is 99.7 Å². The molecule has 0 saturated heterocycles. The van der Waals surface area contributed by atoms with Crippen molar-refractivity contribution >= 4 is 35.0 Å². The van der Waals surface area contributed by atoms with E-state index in [1.807, 2.05) is 0 Å². The van der Waals surface area contributed by atoms with E-state index in [4.69, 9.17) is 10.2 Å². The maximum Gasteiger partial charge on any atom is 2.00 e. The van der Waals surface area contributed by atoms with Gasteiger partial charge in [0.05, 0.1) is 0 Å². The van der Waals surface area contributed by atoms with Gasteiger partial charge >= 0.3 is 35.0 Å². The van der Waals surface area contributed by atoms with E-state index in [9.17, 15) is 9.59 Å². The van der Waals surface area contributed by atoms with Gasteiger partial charge in [-0.3, -0.25) is 9.59 Å². The monoisotopic (exact) mass is 206 g/mol. The van der Waals surface area contributed by atoms with Crippen molar-refractivity contribution in [3.63, 3.8) is 0 Å². The molecule has 72 valence electrons. The van der Waals surface area contributed by atoms with Crippen LogP contribution in [-0.2, 0) is 9.59 Å². The second-order valence-corrected chi connectivity index (χ2v) is 2.52. The van der Waals surface area contributed by atoms with Crippen LogP contribution in [-0.4, -0.2) is 45.2 Å². The molecule has 0 aliphatic heterocycles. The minimum Gasteiger partial charge on any atom is -1.00 e. The van der Waals surface area contributed by atoms with Crippen LogP contribution in [0, 0.1) is 0 Å². The number of hydrogen-bond acceptors (Lipinski definition) is 2. The Hall–Kier alpha value is -1.07. The molecule has 0 heterocycles. The Kier molecular flexibility index (Phi) is 5.18. The molecule has 0 bridgehead atoms. The first kappa shape index (κ1) is 12.9. The van der Waals surface area contributed by atoms with Gasteiger partial charge < -0.3 is 13.1 Å². The molecule has 0 aliphatic carbocycles. The molecular formula is C9H10MgO4. The smallest absolute Gasteiger partial charge is 1.00 e. The fourth-order valence-corrected chi connectivity index (χ4v) is 1.04. The molecule has 0 spiro atoms. The first-order valence-electron chi connectivity index (χ1n) is 3.63. The van der Waals surface area contributed by atoms with Crippen molar-refractivity contribution in [1.82, 2.24) is 0 Å². The van der Waals surface area contributed by atoms with E-state index in [-0.39, 0.29) is 31.5 Å². The molecular weight excluding hydrogens is 196 g/mol. The fourth-order valence-electron chi connectivity index (χ4n) is 1.04. The molecule has 0 radical (unpaired) electrons. The number of hydrogen-bond donors (Lipinski definition) is 2. The first-order chi connectivity index (χ1) is 6.13. The van der Waals surface area contributed by atoms with Gasteiger partial charge in [0.15, 0.2) is 5.92 Å². The zero-order chi connectivity index (χ0) is 9.84. The van der Waals surface area contributed by atoms with E-state index >= 15 is 0 Å². The summed E-state index contributed by atoms with van der Waals surface area (Å²) < 4.78 is 0. The summed E-state index contributed by atoms with van der Waals surface area (Å²) in [4.78, 5) is 21.1. The van der Waals surface area contributed by atoms with Gasteiger partial charge in [0, 0.05) is 0 Å². The summed E-state index contributed by atoms with van der Waals surface area (Å²) in [7, 11) is 0. The Morgan fingerprint density at radius 3 is 1.86 bits per heavy atom. The van der Waals surface area contributed by atoms with Crippen molar-refractivity contribution in [3.05, 3.63) is 35.9 Å². The van der Waals surface area contributed by atoms with Crippen molar-refractivity contribution in [3.8, 4) is 0 Å². The number of aliphatic carboxylic acids is 2. The molecule has 0 amide bonds. The molecule has 0 unspecified atom stereocenters. The zero-order valence-corrected chi connectivity index (χ0v) is 8.80. The maximum absolute atomic E-state index is 10.6. The summed E-state index contributed by atoms with van der Waals surface area (Å²) in [6.45, 7) is 0. The van der Waals surface area contributed by atoms with E-state index < -0.39 is 17.9 Å². The molecule has 5 heteroatoms. The molecule has 14 heavy (non-hydrogen) atoms. The third-order valence-corrected chi connectivity index (χ3v) is 1.63. The van der Waals surface area contributed by atoms with Crippen LogP contribution >= 0.6 is 0 Å². The summed E-state index contributed by atoms with van der Waals surface area (Å²) in [6, 6.07) is 7.87. The summed E-state index contributed by atoms with van der Waals surface area (Å²) in [5.74, 6) is -4.17. The fraction of sp³-hybridized carbons (Fsp3) is 0.111. The number of rotatable bonds is 3. The molecule has 0 aliphatic rings. The van der Waals surface area contributed by atoms with Gasteiger partial charge in [-0.25, -0.2) is 0 Å². The van der Waals surface area contributed by atoms with Crippen LogP contribution in [0.3, 0.4) is 0 Å². The van der Waals surface area contributed by atoms with Gasteiger partial charge in [0.25, 0.3) is 0 Å². The molecule has 1 aromatic carbocycles. The van der Waals surface area contributed by atoms with Crippen LogP contribution in [0.4, 0.5) is 0 Å². The van der Waals surface area contributed by atoms with Gasteiger partial charge in [-0.05, 0) is 5.56 Å². The van der Waals surface area contributed by atoms with Crippen molar-refractivity contribution in [1.29, 1.82) is 0 Å². The minimum absolute atomic E-state index is 0.